The zero-order valence-electron chi connectivity index (χ0n) is 14.8. The van der Waals surface area contributed by atoms with Crippen molar-refractivity contribution in [1.29, 1.82) is 0 Å². The summed E-state index contributed by atoms with van der Waals surface area (Å²) in [6.45, 7) is 5.01. The molecule has 1 aromatic heterocycles. The third kappa shape index (κ3) is 4.11. The van der Waals surface area contributed by atoms with Crippen LogP contribution in [0.1, 0.15) is 22.3 Å². The number of rotatable bonds is 3. The Kier molecular flexibility index (Phi) is 5.36. The molecule has 1 saturated heterocycles. The van der Waals surface area contributed by atoms with E-state index in [1.807, 2.05) is 19.2 Å². The minimum Gasteiger partial charge on any atom is -0.369 e. The van der Waals surface area contributed by atoms with Crippen molar-refractivity contribution in [2.75, 3.05) is 36.4 Å². The molecular formula is C19H23N5O2. The van der Waals surface area contributed by atoms with E-state index in [1.54, 1.807) is 35.4 Å². The predicted octanol–water partition coefficient (Wildman–Crippen LogP) is 2.23. The maximum Gasteiger partial charge on any atom is 0.321 e. The monoisotopic (exact) mass is 353 g/mol. The van der Waals surface area contributed by atoms with Crippen LogP contribution in [0.5, 0.6) is 0 Å². The Morgan fingerprint density at radius 2 is 2.00 bits per heavy atom. The van der Waals surface area contributed by atoms with Crippen LogP contribution in [0.25, 0.3) is 0 Å². The molecule has 0 saturated carbocycles. The van der Waals surface area contributed by atoms with E-state index in [9.17, 15) is 9.59 Å². The highest BCUT2D eigenvalue weighted by molar-refractivity contribution is 5.95. The van der Waals surface area contributed by atoms with Gasteiger partial charge < -0.3 is 20.9 Å². The predicted molar refractivity (Wildman–Crippen MR) is 101 cm³/mol. The van der Waals surface area contributed by atoms with Gasteiger partial charge in [0.1, 0.15) is 0 Å². The molecule has 1 fully saturated rings. The molecule has 7 nitrogen and oxygen atoms in total. The van der Waals surface area contributed by atoms with Gasteiger partial charge in [0, 0.05) is 55.5 Å². The lowest BCUT2D eigenvalue weighted by Gasteiger charge is -2.25. The topological polar surface area (TPSA) is 91.6 Å². The number of aryl methyl sites for hydroxylation is 1. The number of carbonyl (C=O) groups is 2. The molecule has 0 aliphatic carbocycles. The molecule has 7 heteroatoms. The standard InChI is InChI=1S/C19H23N5O2/c1-14-13-21-7-6-17(14)23-8-3-9-24(11-10-23)19(26)22-16-5-2-4-15(12-16)18(20)25/h2,4-7,12-13H,3,8-11H2,1H3,(H2,20,25)(H,22,26). The normalized spacial score (nSPS) is 14.7. The first-order valence-electron chi connectivity index (χ1n) is 8.66. The van der Waals surface area contributed by atoms with Crippen molar-refractivity contribution >= 4 is 23.3 Å². The van der Waals surface area contributed by atoms with Crippen LogP contribution in [0.15, 0.2) is 42.7 Å². The Balaban J connectivity index is 1.64. The third-order valence-electron chi connectivity index (χ3n) is 4.51. The van der Waals surface area contributed by atoms with Gasteiger partial charge >= 0.3 is 6.03 Å². The molecule has 0 spiro atoms. The molecule has 0 radical (unpaired) electrons. The van der Waals surface area contributed by atoms with E-state index < -0.39 is 5.91 Å². The summed E-state index contributed by atoms with van der Waals surface area (Å²) in [4.78, 5) is 32.1. The van der Waals surface area contributed by atoms with Gasteiger partial charge in [-0.2, -0.15) is 0 Å². The largest absolute Gasteiger partial charge is 0.369 e. The number of nitrogens with zero attached hydrogens (tertiary/aromatic N) is 3. The van der Waals surface area contributed by atoms with E-state index in [0.717, 1.165) is 30.8 Å². The van der Waals surface area contributed by atoms with Crippen LogP contribution in [-0.4, -0.2) is 48.0 Å². The average molecular weight is 353 g/mol. The van der Waals surface area contributed by atoms with Crippen LogP contribution >= 0.6 is 0 Å². The Hall–Kier alpha value is -3.09. The van der Waals surface area contributed by atoms with Gasteiger partial charge in [0.25, 0.3) is 0 Å². The van der Waals surface area contributed by atoms with Gasteiger partial charge in [0.05, 0.1) is 0 Å². The molecule has 26 heavy (non-hydrogen) atoms. The summed E-state index contributed by atoms with van der Waals surface area (Å²) in [5.74, 6) is -0.515. The van der Waals surface area contributed by atoms with E-state index in [4.69, 9.17) is 5.73 Å². The van der Waals surface area contributed by atoms with Crippen LogP contribution < -0.4 is 16.0 Å². The summed E-state index contributed by atoms with van der Waals surface area (Å²) in [5, 5.41) is 2.85. The fraction of sp³-hybridized carbons (Fsp3) is 0.316. The molecule has 136 valence electrons. The number of primary amides is 1. The van der Waals surface area contributed by atoms with Crippen molar-refractivity contribution in [2.24, 2.45) is 5.73 Å². The number of amides is 3. The lowest BCUT2D eigenvalue weighted by atomic mass is 10.2. The zero-order valence-corrected chi connectivity index (χ0v) is 14.8. The van der Waals surface area contributed by atoms with E-state index in [0.29, 0.717) is 24.3 Å². The second-order valence-corrected chi connectivity index (χ2v) is 6.37. The van der Waals surface area contributed by atoms with Crippen molar-refractivity contribution in [2.45, 2.75) is 13.3 Å². The van der Waals surface area contributed by atoms with Gasteiger partial charge in [0.2, 0.25) is 5.91 Å². The SMILES string of the molecule is Cc1cnccc1N1CCCN(C(=O)Nc2cccc(C(N)=O)c2)CC1. The molecule has 1 aliphatic rings. The molecule has 0 unspecified atom stereocenters. The summed E-state index contributed by atoms with van der Waals surface area (Å²) in [5.41, 5.74) is 8.52. The van der Waals surface area contributed by atoms with Crippen LogP contribution in [0, 0.1) is 6.92 Å². The van der Waals surface area contributed by atoms with E-state index in [1.165, 1.54) is 0 Å². The lowest BCUT2D eigenvalue weighted by molar-refractivity contribution is 0.1000. The van der Waals surface area contributed by atoms with Crippen molar-refractivity contribution in [1.82, 2.24) is 9.88 Å². The second kappa shape index (κ2) is 7.86. The summed E-state index contributed by atoms with van der Waals surface area (Å²) < 4.78 is 0. The average Bonchev–Trinajstić information content (AvgIpc) is 2.88. The molecule has 3 rings (SSSR count). The number of pyridine rings is 1. The Bertz CT molecular complexity index is 808. The molecule has 3 amide bonds. The van der Waals surface area contributed by atoms with Crippen LogP contribution in [0.2, 0.25) is 0 Å². The highest BCUT2D eigenvalue weighted by Gasteiger charge is 2.20. The second-order valence-electron chi connectivity index (χ2n) is 6.37. The van der Waals surface area contributed by atoms with Crippen molar-refractivity contribution < 1.29 is 9.59 Å². The minimum atomic E-state index is -0.515. The Morgan fingerprint density at radius 1 is 1.15 bits per heavy atom. The number of anilines is 2. The highest BCUT2D eigenvalue weighted by atomic mass is 16.2. The quantitative estimate of drug-likeness (QED) is 0.885. The van der Waals surface area contributed by atoms with Crippen LogP contribution in [0.4, 0.5) is 16.2 Å². The van der Waals surface area contributed by atoms with Gasteiger partial charge in [-0.15, -0.1) is 0 Å². The minimum absolute atomic E-state index is 0.167. The molecule has 0 atom stereocenters. The van der Waals surface area contributed by atoms with Gasteiger partial charge in [0.15, 0.2) is 0 Å². The number of aromatic nitrogens is 1. The number of benzene rings is 1. The first-order chi connectivity index (χ1) is 12.5. The van der Waals surface area contributed by atoms with Crippen LogP contribution in [-0.2, 0) is 0 Å². The Labute approximate surface area is 152 Å². The fourth-order valence-electron chi connectivity index (χ4n) is 3.14. The third-order valence-corrected chi connectivity index (χ3v) is 4.51. The maximum atomic E-state index is 12.6. The summed E-state index contributed by atoms with van der Waals surface area (Å²) in [6.07, 6.45) is 4.54. The van der Waals surface area contributed by atoms with E-state index in [2.05, 4.69) is 15.2 Å². The molecule has 1 aliphatic heterocycles. The number of hydrogen-bond donors (Lipinski definition) is 2. The van der Waals surface area contributed by atoms with Gasteiger partial charge in [-0.3, -0.25) is 9.78 Å². The number of urea groups is 1. The van der Waals surface area contributed by atoms with Gasteiger partial charge in [-0.1, -0.05) is 6.07 Å². The molecule has 1 aromatic carbocycles. The number of nitrogens with one attached hydrogen (secondary N) is 1. The molecule has 3 N–H and O–H groups in total. The molecule has 0 bridgehead atoms. The van der Waals surface area contributed by atoms with Crippen molar-refractivity contribution in [3.63, 3.8) is 0 Å². The van der Waals surface area contributed by atoms with Crippen molar-refractivity contribution in [3.05, 3.63) is 53.9 Å². The van der Waals surface area contributed by atoms with E-state index in [-0.39, 0.29) is 6.03 Å². The first kappa shape index (κ1) is 17.7. The Morgan fingerprint density at radius 3 is 2.77 bits per heavy atom. The first-order valence-corrected chi connectivity index (χ1v) is 8.66. The summed E-state index contributed by atoms with van der Waals surface area (Å²) in [7, 11) is 0. The van der Waals surface area contributed by atoms with Crippen molar-refractivity contribution in [3.8, 4) is 0 Å². The highest BCUT2D eigenvalue weighted by Crippen LogP contribution is 2.20. The molecular weight excluding hydrogens is 330 g/mol. The molecule has 2 heterocycles. The summed E-state index contributed by atoms with van der Waals surface area (Å²) >= 11 is 0. The summed E-state index contributed by atoms with van der Waals surface area (Å²) in [6, 6.07) is 8.50. The van der Waals surface area contributed by atoms with Crippen LogP contribution in [0.3, 0.4) is 0 Å². The van der Waals surface area contributed by atoms with E-state index >= 15 is 0 Å². The maximum absolute atomic E-state index is 12.6. The van der Waals surface area contributed by atoms with Gasteiger partial charge in [-0.05, 0) is 43.2 Å². The molecule has 2 aromatic rings. The van der Waals surface area contributed by atoms with Gasteiger partial charge in [-0.25, -0.2) is 4.79 Å². The number of hydrogen-bond acceptors (Lipinski definition) is 4. The fourth-order valence-corrected chi connectivity index (χ4v) is 3.14. The number of nitrogens with two attached hydrogens (primary N) is 1. The number of carbonyl (C=O) groups excluding carboxylic acids is 2. The smallest absolute Gasteiger partial charge is 0.321 e. The lowest BCUT2D eigenvalue weighted by Crippen LogP contribution is -2.38. The zero-order chi connectivity index (χ0) is 18.5.